The molecule has 0 heterocycles. The molecule has 3 aromatic rings. The number of carbonyl (C=O) groups excluding carboxylic acids is 1. The normalized spacial score (nSPS) is 11.4. The predicted octanol–water partition coefficient (Wildman–Crippen LogP) is 6.68. The van der Waals surface area contributed by atoms with Crippen LogP contribution in [0.15, 0.2) is 84.9 Å². The van der Waals surface area contributed by atoms with E-state index in [1.165, 1.54) is 0 Å². The zero-order valence-electron chi connectivity index (χ0n) is 21.1. The molecular weight excluding hydrogens is 475 g/mol. The Labute approximate surface area is 215 Å². The summed E-state index contributed by atoms with van der Waals surface area (Å²) in [4.78, 5) is 14.5. The minimum atomic E-state index is -1.64. The van der Waals surface area contributed by atoms with Crippen LogP contribution in [-0.2, 0) is 38.1 Å². The zero-order chi connectivity index (χ0) is 25.8. The van der Waals surface area contributed by atoms with Crippen molar-refractivity contribution < 1.29 is 23.1 Å². The van der Waals surface area contributed by atoms with E-state index in [0.717, 1.165) is 16.7 Å². The van der Waals surface area contributed by atoms with Crippen molar-refractivity contribution in [1.82, 2.24) is 4.90 Å². The molecule has 0 fully saturated rings. The van der Waals surface area contributed by atoms with Crippen molar-refractivity contribution in [3.8, 4) is 0 Å². The van der Waals surface area contributed by atoms with Gasteiger partial charge in [-0.25, -0.2) is 4.79 Å². The first-order valence-corrected chi connectivity index (χ1v) is 13.0. The van der Waals surface area contributed by atoms with Gasteiger partial charge >= 0.3 is 14.7 Å². The molecule has 0 bridgehead atoms. The summed E-state index contributed by atoms with van der Waals surface area (Å²) in [6.45, 7) is 7.16. The van der Waals surface area contributed by atoms with Gasteiger partial charge in [-0.1, -0.05) is 72.8 Å². The number of hydrogen-bond acceptors (Lipinski definition) is 6. The van der Waals surface area contributed by atoms with Gasteiger partial charge in [0.15, 0.2) is 0 Å². The number of nitrogen functional groups attached to an aromatic ring is 1. The first kappa shape index (κ1) is 27.6. The number of anilines is 1. The fraction of sp³-hybridized carbons (Fsp3) is 0.321. The van der Waals surface area contributed by atoms with Gasteiger partial charge in [-0.2, -0.15) is 0 Å². The SMILES string of the molecule is CC(C)(C)OC(=O)N(CCOP(OCc1ccccc1)OCc1ccccc1)Cc1ccc(N)cc1. The first-order valence-electron chi connectivity index (χ1n) is 11.9. The van der Waals surface area contributed by atoms with Crippen molar-refractivity contribution in [3.05, 3.63) is 102 Å². The van der Waals surface area contributed by atoms with E-state index in [2.05, 4.69) is 0 Å². The van der Waals surface area contributed by atoms with Crippen LogP contribution in [-0.4, -0.2) is 29.7 Å². The lowest BCUT2D eigenvalue weighted by atomic mass is 10.2. The van der Waals surface area contributed by atoms with Crippen molar-refractivity contribution in [1.29, 1.82) is 0 Å². The van der Waals surface area contributed by atoms with E-state index >= 15 is 0 Å². The highest BCUT2D eigenvalue weighted by molar-refractivity contribution is 7.41. The standard InChI is InChI=1S/C28H35N2O5P/c1-28(2,3)35-27(31)30(20-23-14-16-26(29)17-15-23)18-19-32-36(33-21-24-10-6-4-7-11-24)34-22-25-12-8-5-9-13-25/h4-17H,18-22,29H2,1-3H3. The van der Waals surface area contributed by atoms with Crippen LogP contribution in [0, 0.1) is 0 Å². The van der Waals surface area contributed by atoms with E-state index in [0.29, 0.717) is 32.0 Å². The molecule has 0 spiro atoms. The van der Waals surface area contributed by atoms with Gasteiger partial charge in [0.2, 0.25) is 0 Å². The smallest absolute Gasteiger partial charge is 0.410 e. The Morgan fingerprint density at radius 1 is 0.778 bits per heavy atom. The van der Waals surface area contributed by atoms with Crippen molar-refractivity contribution in [2.45, 2.75) is 46.1 Å². The second-order valence-electron chi connectivity index (χ2n) is 9.22. The molecule has 2 N–H and O–H groups in total. The van der Waals surface area contributed by atoms with E-state index in [1.807, 2.05) is 106 Å². The summed E-state index contributed by atoms with van der Waals surface area (Å²) in [7, 11) is -1.64. The molecule has 8 heteroatoms. The highest BCUT2D eigenvalue weighted by Gasteiger charge is 2.23. The summed E-state index contributed by atoms with van der Waals surface area (Å²) in [5.74, 6) is 0. The maximum Gasteiger partial charge on any atom is 0.410 e. The maximum absolute atomic E-state index is 12.9. The average molecular weight is 511 g/mol. The number of nitrogens with zero attached hydrogens (tertiary/aromatic N) is 1. The zero-order valence-corrected chi connectivity index (χ0v) is 22.0. The third-order valence-corrected chi connectivity index (χ3v) is 5.99. The molecule has 0 aromatic heterocycles. The Kier molecular flexibility index (Phi) is 10.7. The van der Waals surface area contributed by atoms with Gasteiger partial charge in [0.1, 0.15) is 5.60 Å². The fourth-order valence-corrected chi connectivity index (χ4v) is 4.11. The quantitative estimate of drug-likeness (QED) is 0.216. The Hall–Kier alpha value is -2.96. The Morgan fingerprint density at radius 3 is 1.81 bits per heavy atom. The molecule has 0 aliphatic heterocycles. The summed E-state index contributed by atoms with van der Waals surface area (Å²) in [5.41, 5.74) is 8.85. The van der Waals surface area contributed by atoms with E-state index in [1.54, 1.807) is 4.90 Å². The maximum atomic E-state index is 12.9. The van der Waals surface area contributed by atoms with Crippen LogP contribution in [0.1, 0.15) is 37.5 Å². The first-order chi connectivity index (χ1) is 17.3. The average Bonchev–Trinajstić information content (AvgIpc) is 2.86. The molecule has 0 radical (unpaired) electrons. The summed E-state index contributed by atoms with van der Waals surface area (Å²) >= 11 is 0. The molecule has 0 saturated heterocycles. The minimum Gasteiger partial charge on any atom is -0.444 e. The molecule has 1 amide bonds. The largest absolute Gasteiger partial charge is 0.444 e. The van der Waals surface area contributed by atoms with Crippen LogP contribution in [0.4, 0.5) is 10.5 Å². The van der Waals surface area contributed by atoms with Gasteiger partial charge in [-0.05, 0) is 49.6 Å². The molecular formula is C28H35N2O5P. The van der Waals surface area contributed by atoms with E-state index < -0.39 is 20.3 Å². The van der Waals surface area contributed by atoms with Crippen LogP contribution < -0.4 is 5.73 Å². The number of carbonyl (C=O) groups is 1. The third-order valence-electron chi connectivity index (χ3n) is 4.92. The van der Waals surface area contributed by atoms with Crippen molar-refractivity contribution in [3.63, 3.8) is 0 Å². The molecule has 7 nitrogen and oxygen atoms in total. The van der Waals surface area contributed by atoms with Crippen molar-refractivity contribution in [2.24, 2.45) is 0 Å². The molecule has 192 valence electrons. The second-order valence-corrected chi connectivity index (χ2v) is 10.4. The van der Waals surface area contributed by atoms with Crippen LogP contribution in [0.5, 0.6) is 0 Å². The summed E-state index contributed by atoms with van der Waals surface area (Å²) < 4.78 is 23.6. The lowest BCUT2D eigenvalue weighted by Gasteiger charge is -2.28. The highest BCUT2D eigenvalue weighted by Crippen LogP contribution is 2.41. The van der Waals surface area contributed by atoms with Crippen LogP contribution >= 0.6 is 8.60 Å². The van der Waals surface area contributed by atoms with Crippen molar-refractivity contribution in [2.75, 3.05) is 18.9 Å². The Bertz CT molecular complexity index is 1000. The van der Waals surface area contributed by atoms with Gasteiger partial charge in [-0.15, -0.1) is 0 Å². The monoisotopic (exact) mass is 510 g/mol. The molecule has 0 aliphatic carbocycles. The Balaban J connectivity index is 1.62. The topological polar surface area (TPSA) is 83.2 Å². The number of rotatable bonds is 12. The number of nitrogens with two attached hydrogens (primary N) is 1. The van der Waals surface area contributed by atoms with Gasteiger partial charge < -0.3 is 28.9 Å². The minimum absolute atomic E-state index is 0.226. The van der Waals surface area contributed by atoms with Gasteiger partial charge in [0.05, 0.1) is 19.8 Å². The van der Waals surface area contributed by atoms with Gasteiger partial charge in [0.25, 0.3) is 0 Å². The van der Waals surface area contributed by atoms with E-state index in [9.17, 15) is 4.79 Å². The lowest BCUT2D eigenvalue weighted by molar-refractivity contribution is 0.0198. The van der Waals surface area contributed by atoms with E-state index in [4.69, 9.17) is 24.0 Å². The number of benzene rings is 3. The second kappa shape index (κ2) is 14.0. The van der Waals surface area contributed by atoms with Crippen LogP contribution in [0.2, 0.25) is 0 Å². The van der Waals surface area contributed by atoms with Gasteiger partial charge in [-0.3, -0.25) is 0 Å². The molecule has 0 atom stereocenters. The fourth-order valence-electron chi connectivity index (χ4n) is 3.15. The molecule has 0 unspecified atom stereocenters. The molecule has 36 heavy (non-hydrogen) atoms. The van der Waals surface area contributed by atoms with Crippen LogP contribution in [0.25, 0.3) is 0 Å². The summed E-state index contributed by atoms with van der Waals surface area (Å²) in [6, 6.07) is 27.1. The Morgan fingerprint density at radius 2 is 1.31 bits per heavy atom. The number of amides is 1. The lowest BCUT2D eigenvalue weighted by Crippen LogP contribution is -2.38. The van der Waals surface area contributed by atoms with Gasteiger partial charge in [0, 0.05) is 18.8 Å². The molecule has 0 aliphatic rings. The third kappa shape index (κ3) is 10.3. The van der Waals surface area contributed by atoms with E-state index in [-0.39, 0.29) is 6.61 Å². The number of hydrogen-bond donors (Lipinski definition) is 1. The van der Waals surface area contributed by atoms with Crippen molar-refractivity contribution >= 4 is 20.4 Å². The van der Waals surface area contributed by atoms with Crippen LogP contribution in [0.3, 0.4) is 0 Å². The molecule has 3 rings (SSSR count). The highest BCUT2D eigenvalue weighted by atomic mass is 31.2. The molecule has 3 aromatic carbocycles. The summed E-state index contributed by atoms with van der Waals surface area (Å²) in [5, 5.41) is 0. The number of ether oxygens (including phenoxy) is 1. The molecule has 0 saturated carbocycles. The predicted molar refractivity (Wildman–Crippen MR) is 143 cm³/mol. The summed E-state index contributed by atoms with van der Waals surface area (Å²) in [6.07, 6.45) is -0.414.